The number of hydrogen-bond acceptors (Lipinski definition) is 7. The van der Waals surface area contributed by atoms with Crippen molar-refractivity contribution in [3.05, 3.63) is 83.9 Å². The Morgan fingerprint density at radius 1 is 1.14 bits per heavy atom. The fraction of sp³-hybridized carbons (Fsp3) is 0.192. The number of ether oxygens (including phenoxy) is 1. The molecule has 0 fully saturated rings. The summed E-state index contributed by atoms with van der Waals surface area (Å²) in [5.41, 5.74) is 3.39. The normalized spacial score (nSPS) is 12.8. The van der Waals surface area contributed by atoms with E-state index in [0.29, 0.717) is 29.3 Å². The molecule has 4 aromatic rings. The Morgan fingerprint density at radius 2 is 1.92 bits per heavy atom. The van der Waals surface area contributed by atoms with Crippen LogP contribution in [0, 0.1) is 12.7 Å². The number of aryl methyl sites for hydroxylation is 1. The van der Waals surface area contributed by atoms with Gasteiger partial charge in [0.15, 0.2) is 6.10 Å². The molecule has 1 amide bonds. The number of benzene rings is 3. The number of fused-ring (bicyclic) bond motifs is 1. The molecule has 2 atom stereocenters. The fourth-order valence-electron chi connectivity index (χ4n) is 3.69. The summed E-state index contributed by atoms with van der Waals surface area (Å²) in [5, 5.41) is 6.74. The lowest BCUT2D eigenvalue weighted by Crippen LogP contribution is -2.36. The van der Waals surface area contributed by atoms with Crippen LogP contribution >= 0.6 is 0 Å². The zero-order chi connectivity index (χ0) is 25.7. The van der Waals surface area contributed by atoms with E-state index >= 15 is 0 Å². The minimum Gasteiger partial charge on any atom is -0.479 e. The molecular formula is C26H26FN5O3S. The van der Waals surface area contributed by atoms with Crippen molar-refractivity contribution in [1.82, 2.24) is 15.3 Å². The third-order valence-corrected chi connectivity index (χ3v) is 5.87. The molecular weight excluding hydrogens is 481 g/mol. The summed E-state index contributed by atoms with van der Waals surface area (Å²) >= 11 is 0. The molecule has 36 heavy (non-hydrogen) atoms. The van der Waals surface area contributed by atoms with E-state index in [1.807, 2.05) is 37.3 Å². The second-order valence-corrected chi connectivity index (χ2v) is 9.30. The standard InChI is InChI=1S/C26H26FN5O3S/c1-16-11-20(32-36(3)34)13-22-24(16)25(30-15-29-22)31-21-10-9-19(27)12-23(21)35-17(2)26(33)28-14-18-7-5-4-6-8-18/h4-13,15,17,36H,14H2,1-3H3,(H,28,33)(H,29,30,31)/t17-/m1/s1. The summed E-state index contributed by atoms with van der Waals surface area (Å²) in [5.74, 6) is -0.196. The summed E-state index contributed by atoms with van der Waals surface area (Å²) in [7, 11) is -1.70. The van der Waals surface area contributed by atoms with Crippen molar-refractivity contribution >= 4 is 44.6 Å². The Balaban J connectivity index is 1.57. The summed E-state index contributed by atoms with van der Waals surface area (Å²) < 4.78 is 35.6. The molecule has 4 rings (SSSR count). The van der Waals surface area contributed by atoms with Gasteiger partial charge in [0.05, 0.1) is 16.9 Å². The van der Waals surface area contributed by atoms with Gasteiger partial charge in [0.2, 0.25) is 0 Å². The van der Waals surface area contributed by atoms with E-state index in [-0.39, 0.29) is 11.7 Å². The van der Waals surface area contributed by atoms with Crippen LogP contribution in [0.1, 0.15) is 18.1 Å². The molecule has 2 N–H and O–H groups in total. The molecule has 0 bridgehead atoms. The number of anilines is 2. The fourth-order valence-corrected chi connectivity index (χ4v) is 4.13. The Bertz CT molecular complexity index is 1490. The first-order chi connectivity index (χ1) is 17.3. The molecule has 1 unspecified atom stereocenters. The number of rotatable bonds is 8. The van der Waals surface area contributed by atoms with E-state index in [9.17, 15) is 13.4 Å². The Hall–Kier alpha value is -4.05. The van der Waals surface area contributed by atoms with Crippen LogP contribution in [-0.2, 0) is 21.9 Å². The van der Waals surface area contributed by atoms with E-state index in [0.717, 1.165) is 16.5 Å². The van der Waals surface area contributed by atoms with E-state index in [1.54, 1.807) is 19.1 Å². The highest BCUT2D eigenvalue weighted by molar-refractivity contribution is 7.74. The molecule has 0 saturated carbocycles. The molecule has 1 heterocycles. The number of hydrogen-bond donors (Lipinski definition) is 3. The highest BCUT2D eigenvalue weighted by atomic mass is 32.2. The molecule has 0 aliphatic carbocycles. The van der Waals surface area contributed by atoms with Crippen molar-refractivity contribution in [2.75, 3.05) is 11.6 Å². The summed E-state index contributed by atoms with van der Waals surface area (Å²) in [6.45, 7) is 3.83. The summed E-state index contributed by atoms with van der Waals surface area (Å²) in [6, 6.07) is 17.1. The van der Waals surface area contributed by atoms with Crippen LogP contribution in [0.25, 0.3) is 10.9 Å². The van der Waals surface area contributed by atoms with Gasteiger partial charge in [-0.15, -0.1) is 0 Å². The van der Waals surface area contributed by atoms with Crippen LogP contribution < -0.4 is 15.4 Å². The van der Waals surface area contributed by atoms with Gasteiger partial charge in [-0.05, 0) is 49.2 Å². The van der Waals surface area contributed by atoms with Crippen molar-refractivity contribution < 1.29 is 18.1 Å². The van der Waals surface area contributed by atoms with Crippen LogP contribution in [0.2, 0.25) is 0 Å². The predicted molar refractivity (Wildman–Crippen MR) is 140 cm³/mol. The van der Waals surface area contributed by atoms with Gasteiger partial charge < -0.3 is 15.4 Å². The highest BCUT2D eigenvalue weighted by Crippen LogP contribution is 2.34. The first-order valence-electron chi connectivity index (χ1n) is 11.2. The largest absolute Gasteiger partial charge is 0.479 e. The van der Waals surface area contributed by atoms with Gasteiger partial charge in [-0.1, -0.05) is 30.3 Å². The van der Waals surface area contributed by atoms with Crippen molar-refractivity contribution in [3.8, 4) is 5.75 Å². The molecule has 3 aromatic carbocycles. The highest BCUT2D eigenvalue weighted by Gasteiger charge is 2.18. The van der Waals surface area contributed by atoms with Crippen molar-refractivity contribution in [3.63, 3.8) is 0 Å². The van der Waals surface area contributed by atoms with Crippen LogP contribution in [0.4, 0.5) is 21.6 Å². The van der Waals surface area contributed by atoms with E-state index in [2.05, 4.69) is 25.0 Å². The monoisotopic (exact) mass is 507 g/mol. The van der Waals surface area contributed by atoms with Crippen LogP contribution in [0.15, 0.2) is 71.4 Å². The Labute approximate surface area is 210 Å². The molecule has 0 spiro atoms. The minimum atomic E-state index is -1.70. The number of carbonyl (C=O) groups excluding carboxylic acids is 1. The SMILES string of the molecule is Cc1cc(/N=[SH](/C)=O)cc2ncnc(Nc3ccc(F)cc3O[C@H](C)C(=O)NCc3ccccc3)c12. The molecule has 0 radical (unpaired) electrons. The third kappa shape index (κ3) is 6.14. The number of nitrogens with zero attached hydrogens (tertiary/aromatic N) is 3. The lowest BCUT2D eigenvalue weighted by molar-refractivity contribution is -0.127. The quantitative estimate of drug-likeness (QED) is 0.295. The minimum absolute atomic E-state index is 0.163. The maximum atomic E-state index is 14.1. The number of halogens is 1. The second-order valence-electron chi connectivity index (χ2n) is 8.17. The number of amides is 1. The smallest absolute Gasteiger partial charge is 0.261 e. The van der Waals surface area contributed by atoms with E-state index in [4.69, 9.17) is 4.74 Å². The van der Waals surface area contributed by atoms with Crippen LogP contribution in [-0.4, -0.2) is 32.4 Å². The molecule has 186 valence electrons. The van der Waals surface area contributed by atoms with Crippen molar-refractivity contribution in [2.24, 2.45) is 4.36 Å². The van der Waals surface area contributed by atoms with Gasteiger partial charge in [0.25, 0.3) is 5.91 Å². The maximum Gasteiger partial charge on any atom is 0.261 e. The summed E-state index contributed by atoms with van der Waals surface area (Å²) in [6.07, 6.45) is 2.05. The third-order valence-electron chi connectivity index (χ3n) is 5.36. The first-order valence-corrected chi connectivity index (χ1v) is 12.9. The van der Waals surface area contributed by atoms with Gasteiger partial charge >= 0.3 is 0 Å². The second kappa shape index (κ2) is 11.1. The van der Waals surface area contributed by atoms with E-state index < -0.39 is 22.5 Å². The molecule has 0 aliphatic rings. The maximum absolute atomic E-state index is 14.1. The Morgan fingerprint density at radius 3 is 2.67 bits per heavy atom. The van der Waals surface area contributed by atoms with Gasteiger partial charge in [-0.2, -0.15) is 0 Å². The lowest BCUT2D eigenvalue weighted by atomic mass is 10.1. The number of nitrogens with one attached hydrogen (secondary N) is 2. The topological polar surface area (TPSA) is 106 Å². The molecule has 10 heteroatoms. The van der Waals surface area contributed by atoms with Crippen molar-refractivity contribution in [2.45, 2.75) is 26.5 Å². The number of thiol groups is 1. The van der Waals surface area contributed by atoms with Gasteiger partial charge in [0, 0.05) is 34.8 Å². The predicted octanol–water partition coefficient (Wildman–Crippen LogP) is 4.83. The van der Waals surface area contributed by atoms with E-state index in [1.165, 1.54) is 30.8 Å². The first kappa shape index (κ1) is 25.1. The zero-order valence-electron chi connectivity index (χ0n) is 20.0. The van der Waals surface area contributed by atoms with Crippen molar-refractivity contribution in [1.29, 1.82) is 0 Å². The molecule has 0 aliphatic heterocycles. The van der Waals surface area contributed by atoms with Gasteiger partial charge in [-0.3, -0.25) is 9.00 Å². The molecule has 1 aromatic heterocycles. The zero-order valence-corrected chi connectivity index (χ0v) is 20.9. The lowest BCUT2D eigenvalue weighted by Gasteiger charge is -2.19. The van der Waals surface area contributed by atoms with Crippen LogP contribution in [0.5, 0.6) is 5.75 Å². The van der Waals surface area contributed by atoms with Gasteiger partial charge in [0.1, 0.15) is 23.7 Å². The number of carbonyl (C=O) groups is 1. The molecule has 8 nitrogen and oxygen atoms in total. The van der Waals surface area contributed by atoms with Gasteiger partial charge in [-0.25, -0.2) is 18.7 Å². The average Bonchev–Trinajstić information content (AvgIpc) is 2.84. The average molecular weight is 508 g/mol. The summed E-state index contributed by atoms with van der Waals surface area (Å²) in [4.78, 5) is 21.3. The Kier molecular flexibility index (Phi) is 7.74. The number of aromatic nitrogens is 2. The molecule has 0 saturated heterocycles. The van der Waals surface area contributed by atoms with Crippen LogP contribution in [0.3, 0.4) is 0 Å².